The van der Waals surface area contributed by atoms with Gasteiger partial charge in [0.25, 0.3) is 0 Å². The number of aldehydes is 2. The highest BCUT2D eigenvalue weighted by Gasteiger charge is 2.31. The van der Waals surface area contributed by atoms with Crippen LogP contribution in [0.3, 0.4) is 0 Å². The molecule has 0 aliphatic rings. The third-order valence-electron chi connectivity index (χ3n) is 7.80. The van der Waals surface area contributed by atoms with Crippen molar-refractivity contribution in [1.29, 1.82) is 0 Å². The Morgan fingerprint density at radius 1 is 0.558 bits per heavy atom. The number of hydrogen-bond acceptors (Lipinski definition) is 7. The normalized spacial score (nSPS) is 12.8. The smallest absolute Gasteiger partial charge is 0.153 e. The van der Waals surface area contributed by atoms with Gasteiger partial charge in [0.05, 0.1) is 35.5 Å². The minimum atomic E-state index is -0.959. The molecule has 3 aromatic carbocycles. The molecule has 0 saturated heterocycles. The zero-order valence-electron chi connectivity index (χ0n) is 27.1. The molecule has 0 aliphatic heterocycles. The Labute approximate surface area is 255 Å². The van der Waals surface area contributed by atoms with Crippen molar-refractivity contribution in [1.82, 2.24) is 0 Å². The van der Waals surface area contributed by atoms with E-state index in [4.69, 9.17) is 9.47 Å². The third-order valence-corrected chi connectivity index (χ3v) is 7.80. The van der Waals surface area contributed by atoms with E-state index >= 15 is 0 Å². The van der Waals surface area contributed by atoms with Gasteiger partial charge in [0.2, 0.25) is 0 Å². The fourth-order valence-corrected chi connectivity index (χ4v) is 4.87. The van der Waals surface area contributed by atoms with E-state index in [1.165, 1.54) is 0 Å². The van der Waals surface area contributed by atoms with Crippen LogP contribution in [0.15, 0.2) is 42.5 Å². The van der Waals surface area contributed by atoms with Crippen molar-refractivity contribution < 1.29 is 34.4 Å². The first-order chi connectivity index (χ1) is 19.7. The standard InChI is InChI=1S/C36H46O7/c1-33(2,3)26-14-24(18-37)31(40)29(16-26)35(7,8)42-20-22-11-23(13-28(39)12-22)21-43-36(9,10)30-17-27(34(4,5)6)15-25(19-38)32(30)41/h11-19,39-41H,20-21H2,1-10H3. The van der Waals surface area contributed by atoms with Crippen molar-refractivity contribution in [3.8, 4) is 17.2 Å². The molecule has 0 aromatic heterocycles. The molecule has 0 amide bonds. The van der Waals surface area contributed by atoms with E-state index in [1.54, 1.807) is 24.3 Å². The van der Waals surface area contributed by atoms with Crippen LogP contribution in [0.1, 0.15) is 123 Å². The summed E-state index contributed by atoms with van der Waals surface area (Å²) in [4.78, 5) is 23.4. The molecule has 3 N–H and O–H groups in total. The number of aromatic hydroxyl groups is 3. The van der Waals surface area contributed by atoms with Crippen LogP contribution in [0.4, 0.5) is 0 Å². The van der Waals surface area contributed by atoms with E-state index in [0.29, 0.717) is 34.8 Å². The highest BCUT2D eigenvalue weighted by atomic mass is 16.5. The predicted molar refractivity (Wildman–Crippen MR) is 168 cm³/mol. The lowest BCUT2D eigenvalue weighted by atomic mass is 9.82. The first-order valence-corrected chi connectivity index (χ1v) is 14.5. The molecule has 0 aliphatic carbocycles. The van der Waals surface area contributed by atoms with E-state index in [2.05, 4.69) is 0 Å². The van der Waals surface area contributed by atoms with Gasteiger partial charge in [0.15, 0.2) is 12.6 Å². The molecular formula is C36H46O7. The minimum Gasteiger partial charge on any atom is -0.508 e. The summed E-state index contributed by atoms with van der Waals surface area (Å²) in [7, 11) is 0. The van der Waals surface area contributed by atoms with Gasteiger partial charge in [-0.05, 0) is 97.2 Å². The highest BCUT2D eigenvalue weighted by molar-refractivity contribution is 5.81. The van der Waals surface area contributed by atoms with E-state index in [9.17, 15) is 24.9 Å². The van der Waals surface area contributed by atoms with Gasteiger partial charge in [0, 0.05) is 11.1 Å². The van der Waals surface area contributed by atoms with Crippen LogP contribution in [-0.4, -0.2) is 27.9 Å². The average Bonchev–Trinajstić information content (AvgIpc) is 2.89. The Hall–Kier alpha value is -3.68. The molecule has 43 heavy (non-hydrogen) atoms. The molecule has 3 rings (SSSR count). The molecule has 232 valence electrons. The van der Waals surface area contributed by atoms with Crippen LogP contribution in [0.5, 0.6) is 17.2 Å². The predicted octanol–water partition coefficient (Wildman–Crippen LogP) is 7.93. The average molecular weight is 591 g/mol. The lowest BCUT2D eigenvalue weighted by Gasteiger charge is -2.30. The van der Waals surface area contributed by atoms with Crippen molar-refractivity contribution in [3.05, 3.63) is 87.0 Å². The SMILES string of the molecule is CC(C)(C)c1cc(C=O)c(O)c(C(C)(C)OCc2cc(O)cc(COC(C)(C)c3cc(C(C)(C)C)cc(C=O)c3O)c2)c1. The summed E-state index contributed by atoms with van der Waals surface area (Å²) in [5, 5.41) is 32.2. The quantitative estimate of drug-likeness (QED) is 0.206. The van der Waals surface area contributed by atoms with Crippen LogP contribution in [0.2, 0.25) is 0 Å². The number of phenolic OH excluding ortho intramolecular Hbond substituents is 3. The largest absolute Gasteiger partial charge is 0.508 e. The number of carbonyl (C=O) groups is 2. The second-order valence-corrected chi connectivity index (χ2v) is 14.3. The first kappa shape index (κ1) is 33.8. The molecule has 7 heteroatoms. The molecular weight excluding hydrogens is 544 g/mol. The Balaban J connectivity index is 1.85. The van der Waals surface area contributed by atoms with Crippen LogP contribution in [-0.2, 0) is 44.7 Å². The van der Waals surface area contributed by atoms with Gasteiger partial charge in [0.1, 0.15) is 17.2 Å². The van der Waals surface area contributed by atoms with E-state index in [-0.39, 0.29) is 52.4 Å². The topological polar surface area (TPSA) is 113 Å². The number of benzene rings is 3. The Morgan fingerprint density at radius 3 is 1.21 bits per heavy atom. The molecule has 0 unspecified atom stereocenters. The maximum atomic E-state index is 11.7. The lowest BCUT2D eigenvalue weighted by molar-refractivity contribution is -0.0373. The van der Waals surface area contributed by atoms with Crippen LogP contribution >= 0.6 is 0 Å². The van der Waals surface area contributed by atoms with Crippen LogP contribution < -0.4 is 0 Å². The fourth-order valence-electron chi connectivity index (χ4n) is 4.87. The van der Waals surface area contributed by atoms with Gasteiger partial charge in [-0.2, -0.15) is 0 Å². The molecule has 0 radical (unpaired) electrons. The molecule has 7 nitrogen and oxygen atoms in total. The zero-order valence-corrected chi connectivity index (χ0v) is 27.1. The maximum absolute atomic E-state index is 11.7. The van der Waals surface area contributed by atoms with E-state index in [0.717, 1.165) is 11.1 Å². The lowest BCUT2D eigenvalue weighted by Crippen LogP contribution is -2.24. The van der Waals surface area contributed by atoms with Gasteiger partial charge in [-0.3, -0.25) is 9.59 Å². The third kappa shape index (κ3) is 7.84. The summed E-state index contributed by atoms with van der Waals surface area (Å²) < 4.78 is 12.5. The van der Waals surface area contributed by atoms with Crippen molar-refractivity contribution in [2.24, 2.45) is 0 Å². The molecule has 0 saturated carbocycles. The summed E-state index contributed by atoms with van der Waals surface area (Å²) in [5.41, 5.74) is 2.18. The van der Waals surface area contributed by atoms with Crippen molar-refractivity contribution in [2.45, 2.75) is 104 Å². The number of hydrogen-bond donors (Lipinski definition) is 3. The Kier molecular flexibility index (Phi) is 9.54. The maximum Gasteiger partial charge on any atom is 0.153 e. The second kappa shape index (κ2) is 12.1. The molecule has 0 atom stereocenters. The first-order valence-electron chi connectivity index (χ1n) is 14.5. The van der Waals surface area contributed by atoms with Gasteiger partial charge in [-0.15, -0.1) is 0 Å². The molecule has 0 bridgehead atoms. The minimum absolute atomic E-state index is 0.0388. The summed E-state index contributed by atoms with van der Waals surface area (Å²) >= 11 is 0. The van der Waals surface area contributed by atoms with Crippen molar-refractivity contribution in [3.63, 3.8) is 0 Å². The van der Waals surface area contributed by atoms with Crippen molar-refractivity contribution in [2.75, 3.05) is 0 Å². The number of carbonyl (C=O) groups excluding carboxylic acids is 2. The van der Waals surface area contributed by atoms with Gasteiger partial charge < -0.3 is 24.8 Å². The molecule has 3 aromatic rings. The van der Waals surface area contributed by atoms with Crippen LogP contribution in [0, 0.1) is 0 Å². The van der Waals surface area contributed by atoms with Gasteiger partial charge in [-0.1, -0.05) is 47.6 Å². The number of phenols is 3. The van der Waals surface area contributed by atoms with Gasteiger partial charge in [-0.25, -0.2) is 0 Å². The molecule has 0 spiro atoms. The van der Waals surface area contributed by atoms with E-state index < -0.39 is 11.2 Å². The summed E-state index contributed by atoms with van der Waals surface area (Å²) in [6.07, 6.45) is 1.29. The van der Waals surface area contributed by atoms with Crippen LogP contribution in [0.25, 0.3) is 0 Å². The monoisotopic (exact) mass is 590 g/mol. The summed E-state index contributed by atoms with van der Waals surface area (Å²) in [6, 6.07) is 12.2. The Morgan fingerprint density at radius 2 is 0.907 bits per heavy atom. The second-order valence-electron chi connectivity index (χ2n) is 14.3. The number of rotatable bonds is 10. The zero-order chi connectivity index (χ0) is 32.5. The molecule has 0 heterocycles. The summed E-state index contributed by atoms with van der Waals surface area (Å²) in [6.45, 7) is 19.7. The van der Waals surface area contributed by atoms with Gasteiger partial charge >= 0.3 is 0 Å². The summed E-state index contributed by atoms with van der Waals surface area (Å²) in [5.74, 6) is -0.189. The fraction of sp³-hybridized carbons (Fsp3) is 0.444. The van der Waals surface area contributed by atoms with E-state index in [1.807, 2.05) is 87.4 Å². The Bertz CT molecular complexity index is 1390. The highest BCUT2D eigenvalue weighted by Crippen LogP contribution is 2.40. The molecule has 0 fully saturated rings. The number of ether oxygens (including phenoxy) is 2. The van der Waals surface area contributed by atoms with Crippen molar-refractivity contribution >= 4 is 12.6 Å².